The monoisotopic (exact) mass is 281 g/mol. The molecule has 1 saturated heterocycles. The molecule has 1 aromatic heterocycles. The van der Waals surface area contributed by atoms with E-state index in [1.54, 1.807) is 6.92 Å². The van der Waals surface area contributed by atoms with Gasteiger partial charge in [0.2, 0.25) is 11.8 Å². The van der Waals surface area contributed by atoms with Gasteiger partial charge >= 0.3 is 5.97 Å². The second kappa shape index (κ2) is 4.41. The minimum atomic E-state index is -1.05. The molecule has 0 aliphatic carbocycles. The molecule has 6 nitrogen and oxygen atoms in total. The van der Waals surface area contributed by atoms with E-state index in [0.29, 0.717) is 17.5 Å². The molecule has 0 spiro atoms. The normalized spacial score (nSPS) is 26.5. The largest absolute Gasteiger partial charge is 0.494 e. The number of aliphatic carboxylic acids is 1. The Morgan fingerprint density at radius 1 is 1.30 bits per heavy atom. The summed E-state index contributed by atoms with van der Waals surface area (Å²) in [5, 5.41) is 30.2. The van der Waals surface area contributed by atoms with Crippen molar-refractivity contribution in [1.29, 1.82) is 0 Å². The smallest absolute Gasteiger partial charge is 0.327 e. The van der Waals surface area contributed by atoms with Gasteiger partial charge in [0.15, 0.2) is 0 Å². The van der Waals surface area contributed by atoms with Gasteiger partial charge in [0.1, 0.15) is 6.04 Å². The first-order chi connectivity index (χ1) is 9.47. The summed E-state index contributed by atoms with van der Waals surface area (Å²) in [6.07, 6.45) is 1.81. The van der Waals surface area contributed by atoms with E-state index in [0.717, 1.165) is 17.4 Å². The van der Waals surface area contributed by atoms with E-state index in [9.17, 15) is 20.1 Å². The van der Waals surface area contributed by atoms with Crippen LogP contribution in [0.1, 0.15) is 62.5 Å². The number of hydrogen-bond donors (Lipinski definition) is 3. The van der Waals surface area contributed by atoms with Crippen molar-refractivity contribution in [3.8, 4) is 11.8 Å². The van der Waals surface area contributed by atoms with Gasteiger partial charge in [0, 0.05) is 0 Å². The van der Waals surface area contributed by atoms with Crippen molar-refractivity contribution in [2.75, 3.05) is 0 Å². The van der Waals surface area contributed by atoms with Crippen LogP contribution in [0.25, 0.3) is 0 Å². The number of carboxylic acid groups (broad SMARTS) is 1. The average Bonchev–Trinajstić information content (AvgIpc) is 3.07. The van der Waals surface area contributed by atoms with Crippen molar-refractivity contribution in [2.45, 2.75) is 51.4 Å². The van der Waals surface area contributed by atoms with E-state index in [4.69, 9.17) is 4.74 Å². The highest BCUT2D eigenvalue weighted by Gasteiger charge is 2.47. The summed E-state index contributed by atoms with van der Waals surface area (Å²) in [6.45, 7) is 3.69. The third-order valence-corrected chi connectivity index (χ3v) is 4.61. The maximum Gasteiger partial charge on any atom is 0.327 e. The Balaban J connectivity index is 2.13. The van der Waals surface area contributed by atoms with Crippen molar-refractivity contribution >= 4 is 5.97 Å². The molecule has 4 atom stereocenters. The molecule has 1 aromatic rings. The molecule has 1 fully saturated rings. The van der Waals surface area contributed by atoms with E-state index in [1.807, 2.05) is 6.92 Å². The molecule has 20 heavy (non-hydrogen) atoms. The van der Waals surface area contributed by atoms with Gasteiger partial charge < -0.3 is 20.1 Å². The summed E-state index contributed by atoms with van der Waals surface area (Å²) >= 11 is 0. The predicted octanol–water partition coefficient (Wildman–Crippen LogP) is 2.48. The van der Waals surface area contributed by atoms with Crippen LogP contribution in [0.5, 0.6) is 11.8 Å². The van der Waals surface area contributed by atoms with Crippen molar-refractivity contribution < 1.29 is 24.9 Å². The van der Waals surface area contributed by atoms with Gasteiger partial charge in [0.25, 0.3) is 0 Å². The molecule has 0 saturated carbocycles. The van der Waals surface area contributed by atoms with E-state index in [1.165, 1.54) is 0 Å². The van der Waals surface area contributed by atoms with Crippen LogP contribution in [0.15, 0.2) is 0 Å². The molecule has 0 radical (unpaired) electrons. The fraction of sp³-hybridized carbons (Fsp3) is 0.643. The average molecular weight is 281 g/mol. The molecule has 0 aromatic carbocycles. The zero-order chi connectivity index (χ0) is 14.6. The number of rotatable bonds is 4. The Morgan fingerprint density at radius 3 is 2.20 bits per heavy atom. The van der Waals surface area contributed by atoms with E-state index >= 15 is 0 Å². The molecule has 3 heterocycles. The third kappa shape index (κ3) is 1.57. The highest BCUT2D eigenvalue weighted by Crippen LogP contribution is 2.58. The number of carboxylic acids is 1. The van der Waals surface area contributed by atoms with E-state index < -0.39 is 12.0 Å². The van der Waals surface area contributed by atoms with Crippen LogP contribution < -0.4 is 0 Å². The Bertz CT molecular complexity index is 531. The van der Waals surface area contributed by atoms with Crippen LogP contribution in [0.2, 0.25) is 0 Å². The van der Waals surface area contributed by atoms with Crippen molar-refractivity contribution in [3.05, 3.63) is 11.1 Å². The molecular weight excluding hydrogens is 262 g/mol. The number of hydrogen-bond acceptors (Lipinski definition) is 4. The number of fused-ring (bicyclic) bond motifs is 5. The van der Waals surface area contributed by atoms with Gasteiger partial charge in [-0.15, -0.1) is 0 Å². The van der Waals surface area contributed by atoms with Crippen LogP contribution in [0, 0.1) is 5.92 Å². The van der Waals surface area contributed by atoms with Crippen molar-refractivity contribution in [3.63, 3.8) is 0 Å². The fourth-order valence-electron chi connectivity index (χ4n) is 3.39. The SMILES string of the molecule is CC[C@H](C)C(C(=O)O)n1c(O)c2c(c1O)[C@H]1CC[C@@H]2O1. The lowest BCUT2D eigenvalue weighted by atomic mass is 9.95. The Kier molecular flexibility index (Phi) is 2.93. The minimum Gasteiger partial charge on any atom is -0.494 e. The van der Waals surface area contributed by atoms with E-state index in [-0.39, 0.29) is 29.9 Å². The van der Waals surface area contributed by atoms with Gasteiger partial charge in [-0.25, -0.2) is 4.79 Å². The lowest BCUT2D eigenvalue weighted by molar-refractivity contribution is -0.142. The lowest BCUT2D eigenvalue weighted by Crippen LogP contribution is -2.25. The second-order valence-electron chi connectivity index (χ2n) is 5.70. The first kappa shape index (κ1) is 13.3. The minimum absolute atomic E-state index is 0.155. The number of carbonyl (C=O) groups is 1. The van der Waals surface area contributed by atoms with Crippen LogP contribution in [0.3, 0.4) is 0 Å². The molecule has 0 amide bonds. The van der Waals surface area contributed by atoms with Gasteiger partial charge in [-0.1, -0.05) is 20.3 Å². The second-order valence-corrected chi connectivity index (χ2v) is 5.70. The van der Waals surface area contributed by atoms with Crippen LogP contribution >= 0.6 is 0 Å². The van der Waals surface area contributed by atoms with E-state index in [2.05, 4.69) is 0 Å². The Hall–Kier alpha value is -1.69. The van der Waals surface area contributed by atoms with Crippen LogP contribution in [-0.4, -0.2) is 25.9 Å². The third-order valence-electron chi connectivity index (χ3n) is 4.61. The van der Waals surface area contributed by atoms with Gasteiger partial charge in [-0.05, 0) is 18.8 Å². The maximum atomic E-state index is 11.5. The molecule has 2 bridgehead atoms. The van der Waals surface area contributed by atoms with Crippen molar-refractivity contribution in [1.82, 2.24) is 4.57 Å². The highest BCUT2D eigenvalue weighted by molar-refractivity contribution is 5.74. The Labute approximate surface area is 116 Å². The van der Waals surface area contributed by atoms with Gasteiger partial charge in [0.05, 0.1) is 23.3 Å². The van der Waals surface area contributed by atoms with Gasteiger partial charge in [-0.3, -0.25) is 4.57 Å². The summed E-state index contributed by atoms with van der Waals surface area (Å²) in [6, 6.07) is -0.968. The first-order valence-electron chi connectivity index (χ1n) is 7.01. The summed E-state index contributed by atoms with van der Waals surface area (Å²) in [5.74, 6) is -1.56. The summed E-state index contributed by atoms with van der Waals surface area (Å²) in [4.78, 5) is 11.5. The first-order valence-corrected chi connectivity index (χ1v) is 7.01. The zero-order valence-corrected chi connectivity index (χ0v) is 11.5. The van der Waals surface area contributed by atoms with Crippen LogP contribution in [0.4, 0.5) is 0 Å². The number of aromatic nitrogens is 1. The molecule has 3 rings (SSSR count). The highest BCUT2D eigenvalue weighted by atomic mass is 16.5. The molecule has 1 unspecified atom stereocenters. The van der Waals surface area contributed by atoms with Crippen LogP contribution in [-0.2, 0) is 9.53 Å². The van der Waals surface area contributed by atoms with Crippen molar-refractivity contribution in [2.24, 2.45) is 5.92 Å². The summed E-state index contributed by atoms with van der Waals surface area (Å²) in [5.41, 5.74) is 1.15. The number of aromatic hydroxyl groups is 2. The molecule has 3 N–H and O–H groups in total. The molecular formula is C14H19NO5. The quantitative estimate of drug-likeness (QED) is 0.788. The lowest BCUT2D eigenvalue weighted by Gasteiger charge is -2.22. The standard InChI is InChI=1S/C14H19NO5/c1-3-6(2)11(14(18)19)15-12(16)9-7-4-5-8(20-7)10(9)13(15)17/h6-8,11,16-17H,3-5H2,1-2H3,(H,18,19)/t6-,7-,8+,11?/m0/s1. The molecule has 2 aliphatic rings. The number of ether oxygens (including phenoxy) is 1. The molecule has 6 heteroatoms. The summed E-state index contributed by atoms with van der Waals surface area (Å²) in [7, 11) is 0. The Morgan fingerprint density at radius 2 is 1.80 bits per heavy atom. The maximum absolute atomic E-state index is 11.5. The summed E-state index contributed by atoms with van der Waals surface area (Å²) < 4.78 is 6.81. The topological polar surface area (TPSA) is 91.9 Å². The van der Waals surface area contributed by atoms with Gasteiger partial charge in [-0.2, -0.15) is 0 Å². The fourth-order valence-corrected chi connectivity index (χ4v) is 3.39. The zero-order valence-electron chi connectivity index (χ0n) is 11.5. The molecule has 110 valence electrons. The number of nitrogens with zero attached hydrogens (tertiary/aromatic N) is 1. The molecule has 2 aliphatic heterocycles. The predicted molar refractivity (Wildman–Crippen MR) is 69.7 cm³/mol.